The van der Waals surface area contributed by atoms with Gasteiger partial charge >= 0.3 is 0 Å². The van der Waals surface area contributed by atoms with Crippen LogP contribution < -0.4 is 4.57 Å². The second-order valence-corrected chi connectivity index (χ2v) is 9.63. The molecule has 0 saturated carbocycles. The summed E-state index contributed by atoms with van der Waals surface area (Å²) in [5, 5.41) is 0. The Morgan fingerprint density at radius 2 is 1.09 bits per heavy atom. The Morgan fingerprint density at radius 3 is 1.65 bits per heavy atom. The van der Waals surface area contributed by atoms with E-state index in [9.17, 15) is 9.59 Å². The van der Waals surface area contributed by atoms with Crippen molar-refractivity contribution in [2.45, 2.75) is 116 Å². The van der Waals surface area contributed by atoms with Crippen molar-refractivity contribution in [3.63, 3.8) is 0 Å². The van der Waals surface area contributed by atoms with Crippen molar-refractivity contribution < 1.29 is 14.2 Å². The summed E-state index contributed by atoms with van der Waals surface area (Å²) in [4.78, 5) is 25.3. The van der Waals surface area contributed by atoms with Crippen LogP contribution in [0.2, 0.25) is 0 Å². The van der Waals surface area contributed by atoms with Gasteiger partial charge in [-0.05, 0) is 12.5 Å². The second kappa shape index (κ2) is 18.1. The molecule has 1 aromatic heterocycles. The zero-order valence-corrected chi connectivity index (χ0v) is 21.5. The van der Waals surface area contributed by atoms with E-state index < -0.39 is 0 Å². The quantitative estimate of drug-likeness (QED) is 0.112. The van der Waals surface area contributed by atoms with Crippen molar-refractivity contribution >= 4 is 11.6 Å². The maximum absolute atomic E-state index is 12.8. The van der Waals surface area contributed by atoms with Gasteiger partial charge in [0.2, 0.25) is 23.8 Å². The molecule has 0 N–H and O–H groups in total. The molecule has 0 aliphatic carbocycles. The van der Waals surface area contributed by atoms with E-state index in [0.29, 0.717) is 17.7 Å². The first-order chi connectivity index (χ1) is 16.7. The summed E-state index contributed by atoms with van der Waals surface area (Å²) in [5.74, 6) is 0.161. The fraction of sp³-hybridized carbons (Fsp3) is 0.581. The number of pyridine rings is 1. The topological polar surface area (TPSA) is 38.0 Å². The number of benzene rings is 1. The van der Waals surface area contributed by atoms with Gasteiger partial charge in [-0.1, -0.05) is 127 Å². The van der Waals surface area contributed by atoms with Crippen LogP contribution in [0.3, 0.4) is 0 Å². The van der Waals surface area contributed by atoms with Gasteiger partial charge in [-0.3, -0.25) is 9.59 Å². The molecule has 0 unspecified atom stereocenters. The Balaban J connectivity index is 1.54. The van der Waals surface area contributed by atoms with E-state index in [2.05, 4.69) is 6.92 Å². The predicted octanol–water partition coefficient (Wildman–Crippen LogP) is 8.30. The van der Waals surface area contributed by atoms with E-state index in [0.717, 1.165) is 12.8 Å². The number of Topliss-reactive ketones (excluding diaryl/α,β-unsaturated/α-hetero) is 2. The zero-order valence-electron chi connectivity index (χ0n) is 21.5. The molecule has 1 heterocycles. The van der Waals surface area contributed by atoms with E-state index in [1.165, 1.54) is 83.5 Å². The SMILES string of the molecule is CCCCCCCCCCCCCCCCCC(=O)c1cccc[n+]1CC(=O)c1ccccc1. The molecular weight excluding hydrogens is 418 g/mol. The van der Waals surface area contributed by atoms with Crippen molar-refractivity contribution in [2.75, 3.05) is 0 Å². The lowest BCUT2D eigenvalue weighted by Crippen LogP contribution is -2.43. The molecule has 0 aliphatic rings. The Labute approximate surface area is 208 Å². The molecule has 0 atom stereocenters. The first-order valence-electron chi connectivity index (χ1n) is 13.8. The standard InChI is InChI=1S/C31H46NO2/c1-2-3-4-5-6-7-8-9-10-11-12-13-14-15-19-25-30(33)29-24-20-21-26-32(29)27-31(34)28-22-17-16-18-23-28/h16-18,20-24,26H,2-15,19,25,27H2,1H3/q+1. The first-order valence-corrected chi connectivity index (χ1v) is 13.8. The monoisotopic (exact) mass is 464 g/mol. The number of nitrogens with zero attached hydrogens (tertiary/aromatic N) is 1. The largest absolute Gasteiger partial charge is 0.287 e. The third-order valence-corrected chi connectivity index (χ3v) is 6.64. The molecule has 3 heteroatoms. The smallest absolute Gasteiger partial charge is 0.249 e. The van der Waals surface area contributed by atoms with Crippen molar-refractivity contribution in [2.24, 2.45) is 0 Å². The lowest BCUT2D eigenvalue weighted by molar-refractivity contribution is -0.685. The maximum atomic E-state index is 12.8. The van der Waals surface area contributed by atoms with Crippen LogP contribution in [-0.2, 0) is 6.54 Å². The summed E-state index contributed by atoms with van der Waals surface area (Å²) >= 11 is 0. The lowest BCUT2D eigenvalue weighted by atomic mass is 10.0. The molecule has 3 nitrogen and oxygen atoms in total. The molecular formula is C31H46NO2+. The number of carbonyl (C=O) groups is 2. The summed E-state index contributed by atoms with van der Waals surface area (Å²) in [6, 6.07) is 14.9. The fourth-order valence-electron chi connectivity index (χ4n) is 4.52. The van der Waals surface area contributed by atoms with Crippen LogP contribution in [-0.4, -0.2) is 11.6 Å². The molecule has 0 aliphatic heterocycles. The van der Waals surface area contributed by atoms with Gasteiger partial charge < -0.3 is 0 Å². The van der Waals surface area contributed by atoms with Gasteiger partial charge in [0.1, 0.15) is 0 Å². The second-order valence-electron chi connectivity index (χ2n) is 9.63. The minimum absolute atomic E-state index is 0.0258. The molecule has 2 rings (SSSR count). The summed E-state index contributed by atoms with van der Waals surface area (Å²) < 4.78 is 1.79. The number of hydrogen-bond acceptors (Lipinski definition) is 2. The molecule has 0 spiro atoms. The van der Waals surface area contributed by atoms with Crippen LogP contribution in [0.5, 0.6) is 0 Å². The summed E-state index contributed by atoms with van der Waals surface area (Å²) in [7, 11) is 0. The number of aromatic nitrogens is 1. The highest BCUT2D eigenvalue weighted by Gasteiger charge is 2.21. The van der Waals surface area contributed by atoms with Crippen molar-refractivity contribution in [1.29, 1.82) is 0 Å². The molecule has 34 heavy (non-hydrogen) atoms. The van der Waals surface area contributed by atoms with Crippen molar-refractivity contribution in [1.82, 2.24) is 0 Å². The minimum atomic E-state index is 0.0258. The van der Waals surface area contributed by atoms with Gasteiger partial charge in [-0.25, -0.2) is 0 Å². The third-order valence-electron chi connectivity index (χ3n) is 6.64. The highest BCUT2D eigenvalue weighted by atomic mass is 16.1. The summed E-state index contributed by atoms with van der Waals surface area (Å²) in [6.07, 6.45) is 22.2. The van der Waals surface area contributed by atoms with E-state index in [1.807, 2.05) is 54.7 Å². The number of hydrogen-bond donors (Lipinski definition) is 0. The molecule has 0 radical (unpaired) electrons. The van der Waals surface area contributed by atoms with Gasteiger partial charge in [0.15, 0.2) is 6.20 Å². The van der Waals surface area contributed by atoms with Crippen LogP contribution in [0.15, 0.2) is 54.7 Å². The lowest BCUT2D eigenvalue weighted by Gasteiger charge is -2.04. The minimum Gasteiger partial charge on any atom is -0.287 e. The number of carbonyl (C=O) groups excluding carboxylic acids is 2. The molecule has 0 fully saturated rings. The summed E-state index contributed by atoms with van der Waals surface area (Å²) in [6.45, 7) is 2.47. The van der Waals surface area contributed by atoms with Crippen molar-refractivity contribution in [3.8, 4) is 0 Å². The normalized spacial score (nSPS) is 11.0. The average molecular weight is 465 g/mol. The average Bonchev–Trinajstić information content (AvgIpc) is 2.87. The number of unbranched alkanes of at least 4 members (excludes halogenated alkanes) is 14. The summed E-state index contributed by atoms with van der Waals surface area (Å²) in [5.41, 5.74) is 1.32. The Bertz CT molecular complexity index is 815. The van der Waals surface area contributed by atoms with Crippen LogP contribution in [0.25, 0.3) is 0 Å². The Morgan fingerprint density at radius 1 is 0.588 bits per heavy atom. The maximum Gasteiger partial charge on any atom is 0.249 e. The van der Waals surface area contributed by atoms with Gasteiger partial charge in [-0.15, -0.1) is 0 Å². The van der Waals surface area contributed by atoms with Crippen molar-refractivity contribution in [3.05, 3.63) is 66.0 Å². The fourth-order valence-corrected chi connectivity index (χ4v) is 4.52. The van der Waals surface area contributed by atoms with E-state index in [1.54, 1.807) is 4.57 Å². The van der Waals surface area contributed by atoms with Gasteiger partial charge in [0.05, 0.1) is 0 Å². The van der Waals surface area contributed by atoms with Crippen LogP contribution in [0.1, 0.15) is 131 Å². The van der Waals surface area contributed by atoms with E-state index in [-0.39, 0.29) is 18.1 Å². The molecule has 186 valence electrons. The molecule has 0 bridgehead atoms. The first kappa shape index (κ1) is 28.0. The van der Waals surface area contributed by atoms with Crippen LogP contribution in [0, 0.1) is 0 Å². The number of ketones is 2. The highest BCUT2D eigenvalue weighted by molar-refractivity contribution is 5.96. The van der Waals surface area contributed by atoms with E-state index >= 15 is 0 Å². The number of rotatable bonds is 20. The van der Waals surface area contributed by atoms with Crippen LogP contribution >= 0.6 is 0 Å². The molecule has 0 amide bonds. The molecule has 0 saturated heterocycles. The zero-order chi connectivity index (χ0) is 24.3. The Kier molecular flexibility index (Phi) is 14.9. The third kappa shape index (κ3) is 11.7. The Hall–Kier alpha value is -2.29. The van der Waals surface area contributed by atoms with Gasteiger partial charge in [0, 0.05) is 24.1 Å². The van der Waals surface area contributed by atoms with Crippen LogP contribution in [0.4, 0.5) is 0 Å². The molecule has 2 aromatic rings. The van der Waals surface area contributed by atoms with E-state index in [4.69, 9.17) is 0 Å². The van der Waals surface area contributed by atoms with Gasteiger partial charge in [-0.2, -0.15) is 4.57 Å². The molecule has 1 aromatic carbocycles. The highest BCUT2D eigenvalue weighted by Crippen LogP contribution is 2.14. The van der Waals surface area contributed by atoms with Gasteiger partial charge in [0.25, 0.3) is 0 Å². The predicted molar refractivity (Wildman–Crippen MR) is 141 cm³/mol.